The molecular formula is C10H12F10O. The Labute approximate surface area is 113 Å². The van der Waals surface area contributed by atoms with Gasteiger partial charge < -0.3 is 4.74 Å². The minimum absolute atomic E-state index is 1.64. The molecule has 0 radical (unpaired) electrons. The van der Waals surface area contributed by atoms with E-state index in [2.05, 4.69) is 4.74 Å². The first-order valence-electron chi connectivity index (χ1n) is 5.58. The summed E-state index contributed by atoms with van der Waals surface area (Å²) in [5.41, 5.74) is 0. The van der Waals surface area contributed by atoms with Crippen LogP contribution in [0.2, 0.25) is 0 Å². The third kappa shape index (κ3) is 8.99. The molecule has 0 aromatic rings. The largest absolute Gasteiger partial charge is 0.394 e. The molecule has 0 saturated carbocycles. The number of halogens is 10. The highest BCUT2D eigenvalue weighted by Crippen LogP contribution is 2.42. The van der Waals surface area contributed by atoms with E-state index in [0.29, 0.717) is 0 Å². The van der Waals surface area contributed by atoms with Gasteiger partial charge in [-0.15, -0.1) is 0 Å². The van der Waals surface area contributed by atoms with Crippen LogP contribution < -0.4 is 0 Å². The Morgan fingerprint density at radius 2 is 0.857 bits per heavy atom. The average molecular weight is 338 g/mol. The Bertz CT molecular complexity index is 284. The minimum Gasteiger partial charge on any atom is -0.308 e. The van der Waals surface area contributed by atoms with Crippen LogP contribution in [0.15, 0.2) is 0 Å². The molecule has 0 aliphatic heterocycles. The highest BCUT2D eigenvalue weighted by atomic mass is 19.4. The van der Waals surface area contributed by atoms with E-state index in [4.69, 9.17) is 0 Å². The summed E-state index contributed by atoms with van der Waals surface area (Å²) in [6.07, 6.45) is -18.9. The van der Waals surface area contributed by atoms with E-state index < -0.39 is 63.1 Å². The molecule has 0 amide bonds. The molecule has 128 valence electrons. The van der Waals surface area contributed by atoms with Crippen molar-refractivity contribution < 1.29 is 48.6 Å². The molecule has 0 bridgehead atoms. The maximum atomic E-state index is 13.8. The number of rotatable bonds is 8. The first-order chi connectivity index (χ1) is 9.24. The summed E-state index contributed by atoms with van der Waals surface area (Å²) < 4.78 is 128. The van der Waals surface area contributed by atoms with E-state index in [-0.39, 0.29) is 0 Å². The van der Waals surface area contributed by atoms with Gasteiger partial charge in [0.2, 0.25) is 11.7 Å². The van der Waals surface area contributed by atoms with E-state index in [0.717, 1.165) is 0 Å². The lowest BCUT2D eigenvalue weighted by atomic mass is 10.1. The summed E-state index contributed by atoms with van der Waals surface area (Å²) in [6.45, 7) is -3.46. The normalized spacial score (nSPS) is 19.1. The lowest BCUT2D eigenvalue weighted by Crippen LogP contribution is -2.45. The third-order valence-electron chi connectivity index (χ3n) is 2.23. The first-order valence-corrected chi connectivity index (χ1v) is 5.58. The molecule has 0 rings (SSSR count). The Hall–Kier alpha value is -0.740. The van der Waals surface area contributed by atoms with Gasteiger partial charge in [-0.05, 0) is 0 Å². The molecule has 2 unspecified atom stereocenters. The lowest BCUT2D eigenvalue weighted by Gasteiger charge is -2.34. The van der Waals surface area contributed by atoms with Crippen molar-refractivity contribution in [1.82, 2.24) is 0 Å². The Balaban J connectivity index is 5.22. The summed E-state index contributed by atoms with van der Waals surface area (Å²) in [5.74, 6) is -8.11. The molecule has 0 saturated heterocycles. The number of hydrogen-bond acceptors (Lipinski definition) is 1. The second kappa shape index (κ2) is 7.01. The lowest BCUT2D eigenvalue weighted by molar-refractivity contribution is -0.331. The Kier molecular flexibility index (Phi) is 6.77. The molecule has 0 fully saturated rings. The zero-order chi connectivity index (χ0) is 16.9. The van der Waals surface area contributed by atoms with Crippen LogP contribution in [0.1, 0.15) is 25.7 Å². The van der Waals surface area contributed by atoms with Crippen molar-refractivity contribution >= 4 is 0 Å². The van der Waals surface area contributed by atoms with E-state index in [1.807, 2.05) is 0 Å². The van der Waals surface area contributed by atoms with Gasteiger partial charge in [0.1, 0.15) is 12.8 Å². The van der Waals surface area contributed by atoms with Gasteiger partial charge in [0.25, 0.3) is 0 Å². The smallest absolute Gasteiger partial charge is 0.308 e. The van der Waals surface area contributed by atoms with Gasteiger partial charge in [0, 0.05) is 12.8 Å². The summed E-state index contributed by atoms with van der Waals surface area (Å²) in [4.78, 5) is 0. The zero-order valence-electron chi connectivity index (χ0n) is 10.4. The van der Waals surface area contributed by atoms with Gasteiger partial charge in [-0.25, -0.2) is 8.78 Å². The van der Waals surface area contributed by atoms with Crippen molar-refractivity contribution in [1.29, 1.82) is 0 Å². The van der Waals surface area contributed by atoms with E-state index in [1.54, 1.807) is 0 Å². The van der Waals surface area contributed by atoms with Gasteiger partial charge >= 0.3 is 12.4 Å². The summed E-state index contributed by atoms with van der Waals surface area (Å²) in [6, 6.07) is 0. The highest BCUT2D eigenvalue weighted by molar-refractivity contribution is 4.80. The van der Waals surface area contributed by atoms with Crippen molar-refractivity contribution in [3.05, 3.63) is 0 Å². The van der Waals surface area contributed by atoms with Crippen LogP contribution in [-0.2, 0) is 4.74 Å². The predicted molar refractivity (Wildman–Crippen MR) is 51.3 cm³/mol. The molecule has 0 aromatic heterocycles. The van der Waals surface area contributed by atoms with Gasteiger partial charge in [0.05, 0.1) is 13.3 Å². The molecule has 0 aromatic carbocycles. The molecule has 11 heteroatoms. The second-order valence-corrected chi connectivity index (χ2v) is 4.33. The Morgan fingerprint density at radius 1 is 0.571 bits per heavy atom. The second-order valence-electron chi connectivity index (χ2n) is 4.33. The number of hydrogen-bond donors (Lipinski definition) is 0. The number of alkyl halides is 10. The Morgan fingerprint density at radius 3 is 1.05 bits per heavy atom. The van der Waals surface area contributed by atoms with Crippen molar-refractivity contribution in [3.63, 3.8) is 0 Å². The molecule has 0 heterocycles. The molecule has 1 nitrogen and oxygen atoms in total. The zero-order valence-corrected chi connectivity index (χ0v) is 10.4. The van der Waals surface area contributed by atoms with Crippen molar-refractivity contribution in [2.45, 2.75) is 49.7 Å². The van der Waals surface area contributed by atoms with Crippen LogP contribution in [0.3, 0.4) is 0 Å². The topological polar surface area (TPSA) is 9.23 Å². The van der Waals surface area contributed by atoms with Crippen LogP contribution in [0, 0.1) is 0 Å². The van der Waals surface area contributed by atoms with Gasteiger partial charge in [0.15, 0.2) is 0 Å². The fourth-order valence-corrected chi connectivity index (χ4v) is 1.56. The fraction of sp³-hybridized carbons (Fsp3) is 1.00. The molecule has 0 N–H and O–H groups in total. The number of ether oxygens (including phenoxy) is 1. The first kappa shape index (κ1) is 20.3. The monoisotopic (exact) mass is 338 g/mol. The van der Waals surface area contributed by atoms with Crippen LogP contribution in [0.5, 0.6) is 0 Å². The highest BCUT2D eigenvalue weighted by Gasteiger charge is 2.52. The maximum Gasteiger partial charge on any atom is 0.394 e. The van der Waals surface area contributed by atoms with E-state index in [1.165, 1.54) is 0 Å². The SMILES string of the molecule is FCCC(F)(CC(F)(F)F)OC(F)(CCF)CC(F)(F)F. The van der Waals surface area contributed by atoms with Crippen LogP contribution in [0.4, 0.5) is 43.9 Å². The van der Waals surface area contributed by atoms with Gasteiger partial charge in [-0.1, -0.05) is 0 Å². The van der Waals surface area contributed by atoms with Gasteiger partial charge in [-0.3, -0.25) is 8.78 Å². The standard InChI is InChI=1S/C10H12F10O/c11-3-1-7(13,5-9(15,16)17)21-8(14,2-4-12)6-10(18,19)20/h1-6H2. The van der Waals surface area contributed by atoms with Crippen molar-refractivity contribution in [3.8, 4) is 0 Å². The summed E-state index contributed by atoms with van der Waals surface area (Å²) in [7, 11) is 0. The molecule has 0 aliphatic carbocycles. The summed E-state index contributed by atoms with van der Waals surface area (Å²) >= 11 is 0. The summed E-state index contributed by atoms with van der Waals surface area (Å²) in [5, 5.41) is 0. The quantitative estimate of drug-likeness (QED) is 0.569. The van der Waals surface area contributed by atoms with Crippen LogP contribution >= 0.6 is 0 Å². The minimum atomic E-state index is -5.28. The molecule has 0 aliphatic rings. The van der Waals surface area contributed by atoms with Gasteiger partial charge in [-0.2, -0.15) is 26.3 Å². The van der Waals surface area contributed by atoms with E-state index >= 15 is 0 Å². The molecule has 21 heavy (non-hydrogen) atoms. The third-order valence-corrected chi connectivity index (χ3v) is 2.23. The predicted octanol–water partition coefficient (Wildman–Crippen LogP) is 4.96. The average Bonchev–Trinajstić information content (AvgIpc) is 2.08. The van der Waals surface area contributed by atoms with Crippen LogP contribution in [-0.4, -0.2) is 37.4 Å². The fourth-order valence-electron chi connectivity index (χ4n) is 1.56. The van der Waals surface area contributed by atoms with E-state index in [9.17, 15) is 43.9 Å². The maximum absolute atomic E-state index is 13.8. The van der Waals surface area contributed by atoms with Crippen molar-refractivity contribution in [2.24, 2.45) is 0 Å². The molecule has 0 spiro atoms. The molecular weight excluding hydrogens is 326 g/mol. The molecule has 2 atom stereocenters. The van der Waals surface area contributed by atoms with Crippen LogP contribution in [0.25, 0.3) is 0 Å². The van der Waals surface area contributed by atoms with Crippen molar-refractivity contribution in [2.75, 3.05) is 13.3 Å².